The molecule has 0 bridgehead atoms. The van der Waals surface area contributed by atoms with E-state index in [1.54, 1.807) is 29.5 Å². The summed E-state index contributed by atoms with van der Waals surface area (Å²) in [4.78, 5) is 16.3. The Bertz CT molecular complexity index is 917. The lowest BCUT2D eigenvalue weighted by atomic mass is 9.90. The first-order valence-corrected chi connectivity index (χ1v) is 10.7. The number of fused-ring (bicyclic) bond motifs is 1. The minimum atomic E-state index is -0.0169. The summed E-state index contributed by atoms with van der Waals surface area (Å²) in [6.45, 7) is 2.74. The molecule has 3 aromatic rings. The van der Waals surface area contributed by atoms with Gasteiger partial charge in [0.05, 0.1) is 23.4 Å². The van der Waals surface area contributed by atoms with Crippen LogP contribution in [0.4, 0.5) is 0 Å². The van der Waals surface area contributed by atoms with Gasteiger partial charge in [-0.3, -0.25) is 4.79 Å². The third-order valence-electron chi connectivity index (χ3n) is 4.66. The predicted molar refractivity (Wildman–Crippen MR) is 105 cm³/mol. The van der Waals surface area contributed by atoms with E-state index in [4.69, 9.17) is 8.83 Å². The molecule has 0 saturated carbocycles. The molecule has 0 aliphatic heterocycles. The lowest BCUT2D eigenvalue weighted by Gasteiger charge is -2.16. The summed E-state index contributed by atoms with van der Waals surface area (Å²) in [6.07, 6.45) is 5.10. The van der Waals surface area contributed by atoms with Gasteiger partial charge < -0.3 is 13.7 Å². The van der Waals surface area contributed by atoms with Crippen LogP contribution in [0, 0.1) is 5.92 Å². The van der Waals surface area contributed by atoms with E-state index in [0.29, 0.717) is 17.7 Å². The zero-order valence-electron chi connectivity index (χ0n) is 15.3. The number of thiophene rings is 1. The Morgan fingerprint density at radius 2 is 2.33 bits per heavy atom. The Morgan fingerprint density at radius 1 is 1.44 bits per heavy atom. The smallest absolute Gasteiger partial charge is 0.277 e. The van der Waals surface area contributed by atoms with Gasteiger partial charge in [0, 0.05) is 11.9 Å². The Morgan fingerprint density at radius 3 is 3.15 bits per heavy atom. The molecule has 8 heteroatoms. The minimum absolute atomic E-state index is 0.0169. The number of rotatable bonds is 6. The van der Waals surface area contributed by atoms with Crippen molar-refractivity contribution in [1.82, 2.24) is 15.1 Å². The Labute approximate surface area is 166 Å². The van der Waals surface area contributed by atoms with Crippen LogP contribution in [0.3, 0.4) is 0 Å². The molecule has 3 aromatic heterocycles. The van der Waals surface area contributed by atoms with Gasteiger partial charge in [-0.25, -0.2) is 0 Å². The highest BCUT2D eigenvalue weighted by molar-refractivity contribution is 7.99. The molecule has 0 radical (unpaired) electrons. The number of nitrogens with zero attached hydrogens (tertiary/aromatic N) is 3. The van der Waals surface area contributed by atoms with Crippen molar-refractivity contribution in [2.24, 2.45) is 5.92 Å². The monoisotopic (exact) mass is 403 g/mol. The van der Waals surface area contributed by atoms with Crippen LogP contribution in [-0.4, -0.2) is 33.8 Å². The summed E-state index contributed by atoms with van der Waals surface area (Å²) in [6, 6.07) is 5.84. The van der Waals surface area contributed by atoms with E-state index in [2.05, 4.69) is 23.2 Å². The van der Waals surface area contributed by atoms with Gasteiger partial charge in [0.2, 0.25) is 5.91 Å². The highest BCUT2D eigenvalue weighted by atomic mass is 32.2. The molecule has 0 spiro atoms. The summed E-state index contributed by atoms with van der Waals surface area (Å²) in [7, 11) is 1.75. The molecule has 1 atom stereocenters. The molecule has 0 saturated heterocycles. The van der Waals surface area contributed by atoms with Crippen molar-refractivity contribution in [3.63, 3.8) is 0 Å². The van der Waals surface area contributed by atoms with Gasteiger partial charge in [0.15, 0.2) is 0 Å². The number of carbonyl (C=O) groups is 1. The van der Waals surface area contributed by atoms with Crippen LogP contribution < -0.4 is 0 Å². The number of aromatic nitrogens is 2. The molecule has 142 valence electrons. The highest BCUT2D eigenvalue weighted by Gasteiger charge is 2.21. The summed E-state index contributed by atoms with van der Waals surface area (Å²) in [5.74, 6) is 2.26. The Balaban J connectivity index is 1.35. The number of thioether (sulfide) groups is 1. The molecule has 1 aliphatic rings. The topological polar surface area (TPSA) is 72.4 Å². The zero-order valence-corrected chi connectivity index (χ0v) is 16.9. The van der Waals surface area contributed by atoms with Crippen LogP contribution in [0.5, 0.6) is 0 Å². The van der Waals surface area contributed by atoms with Gasteiger partial charge >= 0.3 is 0 Å². The van der Waals surface area contributed by atoms with Crippen molar-refractivity contribution in [1.29, 1.82) is 0 Å². The second kappa shape index (κ2) is 7.90. The molecule has 1 aliphatic carbocycles. The molecule has 0 aromatic carbocycles. The fourth-order valence-corrected chi connectivity index (χ4v) is 4.97. The minimum Gasteiger partial charge on any atom is -0.467 e. The Kier molecular flexibility index (Phi) is 5.36. The van der Waals surface area contributed by atoms with E-state index >= 15 is 0 Å². The van der Waals surface area contributed by atoms with Gasteiger partial charge in [0.25, 0.3) is 11.1 Å². The van der Waals surface area contributed by atoms with E-state index in [0.717, 1.165) is 29.4 Å². The summed E-state index contributed by atoms with van der Waals surface area (Å²) in [5.41, 5.74) is 1.41. The van der Waals surface area contributed by atoms with E-state index in [1.807, 2.05) is 12.1 Å². The van der Waals surface area contributed by atoms with Crippen LogP contribution >= 0.6 is 23.1 Å². The average molecular weight is 404 g/mol. The third-order valence-corrected chi connectivity index (χ3v) is 6.69. The van der Waals surface area contributed by atoms with Gasteiger partial charge in [-0.1, -0.05) is 18.7 Å². The van der Waals surface area contributed by atoms with E-state index in [1.165, 1.54) is 28.6 Å². The number of carbonyl (C=O) groups excluding carboxylic acids is 1. The lowest BCUT2D eigenvalue weighted by molar-refractivity contribution is -0.127. The largest absolute Gasteiger partial charge is 0.467 e. The van der Waals surface area contributed by atoms with Crippen molar-refractivity contribution in [3.8, 4) is 10.8 Å². The molecule has 4 rings (SSSR count). The van der Waals surface area contributed by atoms with Crippen molar-refractivity contribution >= 4 is 29.0 Å². The predicted octanol–water partition coefficient (Wildman–Crippen LogP) is 4.27. The van der Waals surface area contributed by atoms with Crippen LogP contribution in [0.2, 0.25) is 0 Å². The number of amides is 1. The normalized spacial score (nSPS) is 16.3. The summed E-state index contributed by atoms with van der Waals surface area (Å²) < 4.78 is 11.0. The molecule has 0 unspecified atom stereocenters. The number of furan rings is 1. The average Bonchev–Trinajstić information content (AvgIpc) is 3.39. The standard InChI is InChI=1S/C19H21N3O3S2/c1-12-5-6-15-13(8-12)9-16(27-15)18-20-21-19(25-18)26-11-17(23)22(2)10-14-4-3-7-24-14/h3-4,7,9,12H,5-6,8,10-11H2,1-2H3/t12-/m1/s1. The van der Waals surface area contributed by atoms with Gasteiger partial charge in [0.1, 0.15) is 5.76 Å². The van der Waals surface area contributed by atoms with E-state index in [-0.39, 0.29) is 11.7 Å². The van der Waals surface area contributed by atoms with Crippen LogP contribution in [0.25, 0.3) is 10.8 Å². The van der Waals surface area contributed by atoms with Crippen LogP contribution in [0.1, 0.15) is 29.5 Å². The second-order valence-corrected chi connectivity index (χ2v) is 8.96. The molecular weight excluding hydrogens is 382 g/mol. The maximum absolute atomic E-state index is 12.3. The second-order valence-electron chi connectivity index (χ2n) is 6.90. The van der Waals surface area contributed by atoms with Gasteiger partial charge in [-0.05, 0) is 48.9 Å². The maximum atomic E-state index is 12.3. The number of aryl methyl sites for hydroxylation is 1. The van der Waals surface area contributed by atoms with E-state index < -0.39 is 0 Å². The fraction of sp³-hybridized carbons (Fsp3) is 0.421. The van der Waals surface area contributed by atoms with Gasteiger partial charge in [-0.15, -0.1) is 21.5 Å². The first-order chi connectivity index (χ1) is 13.1. The number of hydrogen-bond acceptors (Lipinski definition) is 7. The van der Waals surface area contributed by atoms with Gasteiger partial charge in [-0.2, -0.15) is 0 Å². The summed E-state index contributed by atoms with van der Waals surface area (Å²) in [5, 5.41) is 8.67. The van der Waals surface area contributed by atoms with Crippen molar-refractivity contribution in [3.05, 3.63) is 40.7 Å². The molecule has 6 nitrogen and oxygen atoms in total. The molecule has 0 fully saturated rings. The highest BCUT2D eigenvalue weighted by Crippen LogP contribution is 2.37. The van der Waals surface area contributed by atoms with Crippen molar-refractivity contribution in [2.75, 3.05) is 12.8 Å². The zero-order chi connectivity index (χ0) is 18.8. The third kappa shape index (κ3) is 4.27. The van der Waals surface area contributed by atoms with Crippen LogP contribution in [0.15, 0.2) is 38.5 Å². The molecule has 1 amide bonds. The molecule has 27 heavy (non-hydrogen) atoms. The van der Waals surface area contributed by atoms with E-state index in [9.17, 15) is 4.79 Å². The fourth-order valence-electron chi connectivity index (χ4n) is 3.14. The molecule has 3 heterocycles. The SMILES string of the molecule is C[C@@H]1CCc2sc(-c3nnc(SCC(=O)N(C)Cc4ccco4)o3)cc2C1. The quantitative estimate of drug-likeness (QED) is 0.573. The first-order valence-electron chi connectivity index (χ1n) is 8.93. The first kappa shape index (κ1) is 18.3. The van der Waals surface area contributed by atoms with Crippen molar-refractivity contribution < 1.29 is 13.6 Å². The Hall–Kier alpha value is -2.06. The lowest BCUT2D eigenvalue weighted by Crippen LogP contribution is -2.27. The number of hydrogen-bond donors (Lipinski definition) is 0. The van der Waals surface area contributed by atoms with Crippen LogP contribution in [-0.2, 0) is 24.2 Å². The molecular formula is C19H21N3O3S2. The maximum Gasteiger partial charge on any atom is 0.277 e. The molecule has 0 N–H and O–H groups in total. The summed E-state index contributed by atoms with van der Waals surface area (Å²) >= 11 is 3.01. The van der Waals surface area contributed by atoms with Crippen molar-refractivity contribution in [2.45, 2.75) is 38.0 Å².